The molecule has 4 heteroatoms. The van der Waals surface area contributed by atoms with Crippen LogP contribution < -0.4 is 31.1 Å². The standard InChI is InChI=1S/C79H88BN3/c1-49-38-57-59(76(12,13)47-74(57,8)9)45-67(49)82-66-33-30-52(50-26-20-18-21-27-50)39-62(66)80-63-44-58-60(77(14,15)48-75(58,10)11)46-68(63)81(64-34-31-53(72(2,3)4)40-56(64)51-28-22-19-23-29-51)69-42-55(43-70(82)71(69)80)83-65-35-32-54(73(5,6)7)41-61(65)78(16)36-24-25-37-79(78,83)17/h18-23,26-35,38-46H,24-25,36-37,47-48H2,1-17H3. The van der Waals surface area contributed by atoms with Gasteiger partial charge in [0.15, 0.2) is 0 Å². The first kappa shape index (κ1) is 54.2. The lowest BCUT2D eigenvalue weighted by Gasteiger charge is -2.51. The first-order valence-corrected chi connectivity index (χ1v) is 31.5. The van der Waals surface area contributed by atoms with Crippen LogP contribution in [-0.4, -0.2) is 12.3 Å². The number of aryl methyl sites for hydroxylation is 1. The Balaban J connectivity index is 1.16. The second kappa shape index (κ2) is 17.7. The summed E-state index contributed by atoms with van der Waals surface area (Å²) < 4.78 is 0. The van der Waals surface area contributed by atoms with Crippen LogP contribution in [-0.2, 0) is 37.9 Å². The van der Waals surface area contributed by atoms with Crippen molar-refractivity contribution >= 4 is 68.6 Å². The topological polar surface area (TPSA) is 9.72 Å². The minimum absolute atomic E-state index is 0.00910. The SMILES string of the molecule is Cc1cc2c(cc1N1c3ccc(-c4ccccc4)cc3B3c4cc5c(cc4N(c4ccc(C(C)(C)C)cc4-c4ccccc4)c4cc(N6c7ccc(C(C)(C)C)cc7C7(C)CCCCC67C)cc1c43)C(C)(C)CC5(C)C)C(C)(C)CC2(C)C. The Labute approximate surface area is 498 Å². The Morgan fingerprint density at radius 3 is 1.49 bits per heavy atom. The molecule has 1 saturated carbocycles. The molecule has 6 aliphatic rings. The van der Waals surface area contributed by atoms with E-state index in [0.717, 1.165) is 19.3 Å². The molecule has 0 saturated heterocycles. The van der Waals surface area contributed by atoms with Crippen molar-refractivity contribution in [3.63, 3.8) is 0 Å². The minimum atomic E-state index is -0.178. The van der Waals surface area contributed by atoms with Gasteiger partial charge in [-0.3, -0.25) is 0 Å². The fourth-order valence-electron chi connectivity index (χ4n) is 17.9. The number of hydrogen-bond acceptors (Lipinski definition) is 3. The molecule has 422 valence electrons. The van der Waals surface area contributed by atoms with Crippen molar-refractivity contribution in [3.05, 3.63) is 196 Å². The van der Waals surface area contributed by atoms with Crippen molar-refractivity contribution in [3.8, 4) is 22.3 Å². The van der Waals surface area contributed by atoms with Gasteiger partial charge in [0.05, 0.1) is 11.2 Å². The molecule has 0 amide bonds. The second-order valence-electron chi connectivity index (χ2n) is 31.6. The zero-order valence-corrected chi connectivity index (χ0v) is 53.1. The van der Waals surface area contributed by atoms with Gasteiger partial charge in [0, 0.05) is 50.8 Å². The number of benzene rings is 8. The maximum absolute atomic E-state index is 2.87. The molecule has 0 aromatic heterocycles. The fraction of sp³-hybridized carbons (Fsp3) is 0.392. The highest BCUT2D eigenvalue weighted by Crippen LogP contribution is 2.63. The van der Waals surface area contributed by atoms with Gasteiger partial charge in [-0.25, -0.2) is 0 Å². The summed E-state index contributed by atoms with van der Waals surface area (Å²) in [7, 11) is 0. The van der Waals surface area contributed by atoms with Gasteiger partial charge in [-0.2, -0.15) is 0 Å². The average Bonchev–Trinajstić information content (AvgIpc) is 1.76. The van der Waals surface area contributed by atoms with E-state index in [4.69, 9.17) is 0 Å². The number of anilines is 8. The van der Waals surface area contributed by atoms with Crippen LogP contribution >= 0.6 is 0 Å². The van der Waals surface area contributed by atoms with Crippen molar-refractivity contribution < 1.29 is 0 Å². The van der Waals surface area contributed by atoms with Crippen LogP contribution in [0.1, 0.15) is 194 Å². The van der Waals surface area contributed by atoms with Crippen molar-refractivity contribution in [2.24, 2.45) is 0 Å². The summed E-state index contributed by atoms with van der Waals surface area (Å²) in [5.41, 5.74) is 30.7. The smallest absolute Gasteiger partial charge is 0.252 e. The highest BCUT2D eigenvalue weighted by molar-refractivity contribution is 7.00. The van der Waals surface area contributed by atoms with Gasteiger partial charge in [0.25, 0.3) is 6.71 Å². The van der Waals surface area contributed by atoms with Gasteiger partial charge in [-0.15, -0.1) is 0 Å². The highest BCUT2D eigenvalue weighted by atomic mass is 15.3. The molecule has 2 unspecified atom stereocenters. The van der Waals surface area contributed by atoms with Crippen LogP contribution in [0.4, 0.5) is 45.5 Å². The number of fused-ring (bicyclic) bond motifs is 9. The molecule has 0 bridgehead atoms. The number of hydrogen-bond donors (Lipinski definition) is 0. The van der Waals surface area contributed by atoms with Crippen LogP contribution in [0.5, 0.6) is 0 Å². The van der Waals surface area contributed by atoms with Crippen molar-refractivity contribution in [2.75, 3.05) is 14.7 Å². The lowest BCUT2D eigenvalue weighted by Crippen LogP contribution is -2.62. The molecule has 2 atom stereocenters. The van der Waals surface area contributed by atoms with E-state index < -0.39 is 0 Å². The van der Waals surface area contributed by atoms with Crippen LogP contribution in [0, 0.1) is 6.92 Å². The molecule has 3 aliphatic heterocycles. The molecule has 3 nitrogen and oxygen atoms in total. The minimum Gasteiger partial charge on any atom is -0.334 e. The molecule has 0 radical (unpaired) electrons. The van der Waals surface area contributed by atoms with Crippen molar-refractivity contribution in [1.82, 2.24) is 0 Å². The third kappa shape index (κ3) is 7.88. The van der Waals surface area contributed by atoms with Crippen molar-refractivity contribution in [1.29, 1.82) is 0 Å². The van der Waals surface area contributed by atoms with E-state index in [1.54, 1.807) is 0 Å². The zero-order chi connectivity index (χ0) is 58.5. The molecule has 0 spiro atoms. The third-order valence-electron chi connectivity index (χ3n) is 22.0. The largest absolute Gasteiger partial charge is 0.334 e. The first-order chi connectivity index (χ1) is 39.0. The summed E-state index contributed by atoms with van der Waals surface area (Å²) in [4.78, 5) is 8.40. The monoisotopic (exact) mass is 1090 g/mol. The normalized spacial score (nSPS) is 21.9. The molecular formula is C79H88BN3. The summed E-state index contributed by atoms with van der Waals surface area (Å²) in [6, 6.07) is 60.9. The van der Waals surface area contributed by atoms with E-state index >= 15 is 0 Å². The van der Waals surface area contributed by atoms with E-state index in [-0.39, 0.29) is 50.2 Å². The summed E-state index contributed by atoms with van der Waals surface area (Å²) in [5, 5.41) is 0. The molecule has 3 heterocycles. The van der Waals surface area contributed by atoms with Crippen LogP contribution in [0.15, 0.2) is 152 Å². The molecule has 8 aromatic rings. The van der Waals surface area contributed by atoms with Gasteiger partial charge in [-0.1, -0.05) is 220 Å². The molecular weight excluding hydrogens is 1000 g/mol. The van der Waals surface area contributed by atoms with E-state index in [1.807, 2.05) is 0 Å². The molecule has 8 aromatic carbocycles. The lowest BCUT2D eigenvalue weighted by atomic mass is 9.33. The quantitative estimate of drug-likeness (QED) is 0.159. The lowest BCUT2D eigenvalue weighted by molar-refractivity contribution is 0.195. The molecule has 0 N–H and O–H groups in total. The molecule has 14 rings (SSSR count). The van der Waals surface area contributed by atoms with Crippen LogP contribution in [0.25, 0.3) is 22.3 Å². The molecule has 83 heavy (non-hydrogen) atoms. The Morgan fingerprint density at radius 1 is 0.398 bits per heavy atom. The van der Waals surface area contributed by atoms with E-state index in [9.17, 15) is 0 Å². The Hall–Kier alpha value is -6.78. The average molecular weight is 1090 g/mol. The van der Waals surface area contributed by atoms with Gasteiger partial charge in [0.1, 0.15) is 0 Å². The maximum atomic E-state index is 2.87. The van der Waals surface area contributed by atoms with E-state index in [0.29, 0.717) is 0 Å². The van der Waals surface area contributed by atoms with E-state index in [2.05, 4.69) is 284 Å². The summed E-state index contributed by atoms with van der Waals surface area (Å²) in [5.74, 6) is 0. The Morgan fingerprint density at radius 2 is 0.892 bits per heavy atom. The van der Waals surface area contributed by atoms with Gasteiger partial charge < -0.3 is 14.7 Å². The van der Waals surface area contributed by atoms with Crippen LogP contribution in [0.2, 0.25) is 0 Å². The molecule has 1 fully saturated rings. The molecule has 3 aliphatic carbocycles. The van der Waals surface area contributed by atoms with Gasteiger partial charge >= 0.3 is 0 Å². The number of rotatable bonds is 5. The predicted octanol–water partition coefficient (Wildman–Crippen LogP) is 19.7. The van der Waals surface area contributed by atoms with Gasteiger partial charge in [0.2, 0.25) is 0 Å². The summed E-state index contributed by atoms with van der Waals surface area (Å²) in [6.07, 6.45) is 6.96. The van der Waals surface area contributed by atoms with E-state index in [1.165, 1.54) is 148 Å². The maximum Gasteiger partial charge on any atom is 0.252 e. The zero-order valence-electron chi connectivity index (χ0n) is 53.1. The summed E-state index contributed by atoms with van der Waals surface area (Å²) >= 11 is 0. The number of nitrogens with zero attached hydrogens (tertiary/aromatic N) is 3. The fourth-order valence-corrected chi connectivity index (χ4v) is 17.9. The van der Waals surface area contributed by atoms with Crippen molar-refractivity contribution in [2.45, 2.75) is 200 Å². The Kier molecular flexibility index (Phi) is 11.5. The summed E-state index contributed by atoms with van der Waals surface area (Å²) in [6.45, 7) is 41.7. The van der Waals surface area contributed by atoms with Gasteiger partial charge in [-0.05, 0) is 198 Å². The second-order valence-corrected chi connectivity index (χ2v) is 31.6. The Bertz CT molecular complexity index is 4010. The predicted molar refractivity (Wildman–Crippen MR) is 358 cm³/mol. The third-order valence-corrected chi connectivity index (χ3v) is 22.0. The van der Waals surface area contributed by atoms with Crippen LogP contribution in [0.3, 0.4) is 0 Å². The highest BCUT2D eigenvalue weighted by Gasteiger charge is 2.59. The first-order valence-electron chi connectivity index (χ1n) is 31.5.